The monoisotopic (exact) mass is 894 g/mol. The van der Waals surface area contributed by atoms with E-state index in [9.17, 15) is 19.8 Å². The Morgan fingerprint density at radius 1 is 0.484 bits per heavy atom. The number of hydrogen-bond acceptors (Lipinski definition) is 5. The Balaban J connectivity index is 4.68. The fourth-order valence-corrected chi connectivity index (χ4v) is 7.98. The van der Waals surface area contributed by atoms with E-state index in [1.165, 1.54) is 116 Å². The first kappa shape index (κ1) is 61.3. The fourth-order valence-electron chi connectivity index (χ4n) is 7.98. The lowest BCUT2D eigenvalue weighted by Gasteiger charge is -2.24. The van der Waals surface area contributed by atoms with Crippen molar-refractivity contribution in [2.45, 2.75) is 277 Å². The average molecular weight is 894 g/mol. The summed E-state index contributed by atoms with van der Waals surface area (Å²) in [7, 11) is 0. The zero-order valence-electron chi connectivity index (χ0n) is 42.1. The van der Waals surface area contributed by atoms with Gasteiger partial charge in [-0.05, 0) is 83.5 Å². The third-order valence-corrected chi connectivity index (χ3v) is 12.1. The van der Waals surface area contributed by atoms with Gasteiger partial charge in [0, 0.05) is 6.42 Å². The number of ether oxygens (including phenoxy) is 1. The molecule has 0 spiro atoms. The van der Waals surface area contributed by atoms with Gasteiger partial charge in [0.1, 0.15) is 6.10 Å². The average Bonchev–Trinajstić information content (AvgIpc) is 3.29. The number of allylic oxidation sites excluding steroid dienone is 12. The molecule has 3 unspecified atom stereocenters. The van der Waals surface area contributed by atoms with Crippen molar-refractivity contribution in [2.75, 3.05) is 6.61 Å². The highest BCUT2D eigenvalue weighted by Gasteiger charge is 2.24. The number of hydrogen-bond donors (Lipinski definition) is 3. The summed E-state index contributed by atoms with van der Waals surface area (Å²) >= 11 is 0. The van der Waals surface area contributed by atoms with Crippen molar-refractivity contribution in [2.24, 2.45) is 0 Å². The maximum absolute atomic E-state index is 13.2. The predicted octanol–water partition coefficient (Wildman–Crippen LogP) is 16.6. The molecule has 1 amide bonds. The Bertz CT molecular complexity index is 1190. The lowest BCUT2D eigenvalue weighted by atomic mass is 10.0. The maximum Gasteiger partial charge on any atom is 0.306 e. The lowest BCUT2D eigenvalue weighted by Crippen LogP contribution is -2.46. The van der Waals surface area contributed by atoms with Crippen LogP contribution in [0, 0.1) is 0 Å². The molecule has 0 fully saturated rings. The van der Waals surface area contributed by atoms with Crippen LogP contribution in [0.4, 0.5) is 0 Å². The van der Waals surface area contributed by atoms with Gasteiger partial charge in [0.25, 0.3) is 0 Å². The third-order valence-electron chi connectivity index (χ3n) is 12.1. The van der Waals surface area contributed by atoms with Gasteiger partial charge >= 0.3 is 5.97 Å². The van der Waals surface area contributed by atoms with E-state index in [0.29, 0.717) is 19.3 Å². The molecule has 0 aromatic rings. The lowest BCUT2D eigenvalue weighted by molar-refractivity contribution is -0.151. The van der Waals surface area contributed by atoms with Gasteiger partial charge < -0.3 is 20.3 Å². The number of nitrogens with one attached hydrogen (secondary N) is 1. The van der Waals surface area contributed by atoms with Crippen LogP contribution in [0.15, 0.2) is 72.9 Å². The van der Waals surface area contributed by atoms with Gasteiger partial charge in [0.2, 0.25) is 5.91 Å². The summed E-state index contributed by atoms with van der Waals surface area (Å²) in [6, 6.07) is -0.718. The van der Waals surface area contributed by atoms with Crippen LogP contribution >= 0.6 is 0 Å². The van der Waals surface area contributed by atoms with Crippen molar-refractivity contribution in [3.8, 4) is 0 Å². The molecule has 370 valence electrons. The first-order valence-corrected chi connectivity index (χ1v) is 27.2. The molecule has 0 saturated carbocycles. The van der Waals surface area contributed by atoms with Gasteiger partial charge in [-0.15, -0.1) is 0 Å². The number of aliphatic hydroxyl groups is 2. The van der Waals surface area contributed by atoms with E-state index in [-0.39, 0.29) is 24.9 Å². The molecule has 3 atom stereocenters. The van der Waals surface area contributed by atoms with Crippen molar-refractivity contribution >= 4 is 11.9 Å². The van der Waals surface area contributed by atoms with E-state index in [2.05, 4.69) is 99.0 Å². The normalized spacial score (nSPS) is 13.8. The van der Waals surface area contributed by atoms with Crippen LogP contribution in [0.3, 0.4) is 0 Å². The van der Waals surface area contributed by atoms with E-state index in [1.54, 1.807) is 0 Å². The van der Waals surface area contributed by atoms with Crippen LogP contribution in [0.25, 0.3) is 0 Å². The number of carbonyl (C=O) groups excluding carboxylic acids is 2. The van der Waals surface area contributed by atoms with E-state index in [0.717, 1.165) is 96.3 Å². The highest BCUT2D eigenvalue weighted by Crippen LogP contribution is 2.17. The van der Waals surface area contributed by atoms with E-state index in [1.807, 2.05) is 0 Å². The van der Waals surface area contributed by atoms with Crippen LogP contribution in [0.2, 0.25) is 0 Å². The van der Waals surface area contributed by atoms with Crippen LogP contribution in [-0.2, 0) is 14.3 Å². The van der Waals surface area contributed by atoms with Crippen LogP contribution in [0.5, 0.6) is 0 Å². The summed E-state index contributed by atoms with van der Waals surface area (Å²) < 4.78 is 5.93. The van der Waals surface area contributed by atoms with Crippen molar-refractivity contribution in [1.29, 1.82) is 0 Å². The second kappa shape index (κ2) is 51.3. The van der Waals surface area contributed by atoms with Gasteiger partial charge in [-0.1, -0.05) is 235 Å². The molecule has 0 aromatic heterocycles. The Labute approximate surface area is 396 Å². The minimum atomic E-state index is -0.802. The van der Waals surface area contributed by atoms with Crippen LogP contribution in [0.1, 0.15) is 258 Å². The van der Waals surface area contributed by atoms with Crippen molar-refractivity contribution in [1.82, 2.24) is 5.32 Å². The summed E-state index contributed by atoms with van der Waals surface area (Å²) in [6.45, 7) is 6.35. The maximum atomic E-state index is 13.2. The summed E-state index contributed by atoms with van der Waals surface area (Å²) in [5, 5.41) is 23.8. The van der Waals surface area contributed by atoms with E-state index < -0.39 is 18.2 Å². The molecule has 0 radical (unpaired) electrons. The second-order valence-corrected chi connectivity index (χ2v) is 18.3. The number of carbonyl (C=O) groups is 2. The third kappa shape index (κ3) is 45.9. The molecule has 64 heavy (non-hydrogen) atoms. The van der Waals surface area contributed by atoms with Crippen molar-refractivity contribution in [3.05, 3.63) is 72.9 Å². The highest BCUT2D eigenvalue weighted by molar-refractivity contribution is 5.77. The molecule has 0 rings (SSSR count). The van der Waals surface area contributed by atoms with Gasteiger partial charge in [-0.2, -0.15) is 0 Å². The Kier molecular flexibility index (Phi) is 49.1. The quantitative estimate of drug-likeness (QED) is 0.0245. The standard InChI is InChI=1S/C58H103NO5/c1-4-7-10-13-16-19-22-25-27-29-32-34-37-40-43-46-49-54(64-58(63)51-48-45-42-39-36-33-30-28-26-23-20-17-14-11-8-5-2)52-57(62)59-55(53-60)56(61)50-47-44-41-38-35-31-24-21-18-15-12-9-6-3/h8,11,17,20,22,25-29,32,34,54-56,60-61H,4-7,9-10,12-16,18-19,21,23-24,30-31,33,35-53H2,1-3H3,(H,59,62)/b11-8+,20-17+,25-22+,28-26+,29-27+,34-32+. The van der Waals surface area contributed by atoms with Gasteiger partial charge in [0.15, 0.2) is 0 Å². The highest BCUT2D eigenvalue weighted by atomic mass is 16.5. The van der Waals surface area contributed by atoms with Gasteiger partial charge in [-0.25, -0.2) is 0 Å². The summed E-state index contributed by atoms with van der Waals surface area (Å²) in [5.41, 5.74) is 0. The Morgan fingerprint density at radius 2 is 0.906 bits per heavy atom. The molecule has 0 aliphatic rings. The number of unbranched alkanes of at least 4 members (excludes halogenated alkanes) is 26. The molecule has 6 heteroatoms. The molecular weight excluding hydrogens is 791 g/mol. The Hall–Kier alpha value is -2.70. The minimum Gasteiger partial charge on any atom is -0.462 e. The zero-order valence-corrected chi connectivity index (χ0v) is 42.1. The van der Waals surface area contributed by atoms with E-state index >= 15 is 0 Å². The Morgan fingerprint density at radius 3 is 1.42 bits per heavy atom. The fraction of sp³-hybridized carbons (Fsp3) is 0.759. The second-order valence-electron chi connectivity index (χ2n) is 18.3. The first-order valence-electron chi connectivity index (χ1n) is 27.2. The summed E-state index contributed by atoms with van der Waals surface area (Å²) in [4.78, 5) is 26.2. The first-order chi connectivity index (χ1) is 31.5. The van der Waals surface area contributed by atoms with Crippen molar-refractivity contribution in [3.63, 3.8) is 0 Å². The molecule has 0 aromatic carbocycles. The number of esters is 1. The predicted molar refractivity (Wildman–Crippen MR) is 278 cm³/mol. The van der Waals surface area contributed by atoms with Gasteiger partial charge in [-0.3, -0.25) is 9.59 Å². The molecule has 0 aliphatic carbocycles. The molecule has 0 heterocycles. The minimum absolute atomic E-state index is 0.0473. The number of aliphatic hydroxyl groups excluding tert-OH is 2. The smallest absolute Gasteiger partial charge is 0.306 e. The number of rotatable bonds is 48. The summed E-state index contributed by atoms with van der Waals surface area (Å²) in [5.74, 6) is -0.521. The molecular formula is C58H103NO5. The summed E-state index contributed by atoms with van der Waals surface area (Å²) in [6.07, 6.45) is 65.3. The largest absolute Gasteiger partial charge is 0.462 e. The molecule has 0 bridgehead atoms. The van der Waals surface area contributed by atoms with Crippen molar-refractivity contribution < 1.29 is 24.5 Å². The molecule has 6 nitrogen and oxygen atoms in total. The molecule has 0 saturated heterocycles. The topological polar surface area (TPSA) is 95.9 Å². The van der Waals surface area contributed by atoms with Crippen LogP contribution < -0.4 is 5.32 Å². The number of amides is 1. The van der Waals surface area contributed by atoms with Crippen LogP contribution in [-0.4, -0.2) is 46.9 Å². The molecule has 0 aliphatic heterocycles. The van der Waals surface area contributed by atoms with Gasteiger partial charge in [0.05, 0.1) is 25.2 Å². The molecule has 3 N–H and O–H groups in total. The zero-order chi connectivity index (χ0) is 46.7. The SMILES string of the molecule is CC/C=C/C/C=C/C/C=C/CCCCCCCCC(=O)OC(CCCCC/C=C/C=C/C=C/CCCCCCC)CC(=O)NC(CO)C(O)CCCCCCCCCCCCCCC. The van der Waals surface area contributed by atoms with E-state index in [4.69, 9.17) is 4.74 Å².